The van der Waals surface area contributed by atoms with Crippen LogP contribution in [0.1, 0.15) is 279 Å². The van der Waals surface area contributed by atoms with Crippen LogP contribution in [0.25, 0.3) is 0 Å². The van der Waals surface area contributed by atoms with Gasteiger partial charge in [0.05, 0.1) is 80.8 Å². The summed E-state index contributed by atoms with van der Waals surface area (Å²) in [4.78, 5) is 11.3. The average molecular weight is 1460 g/mol. The molecular formula is C98H132N6O4+2. The van der Waals surface area contributed by atoms with E-state index < -0.39 is 0 Å². The van der Waals surface area contributed by atoms with Crippen molar-refractivity contribution in [2.75, 3.05) is 54.6 Å². The normalized spacial score (nSPS) is 18.0. The van der Waals surface area contributed by atoms with Gasteiger partial charge in [0.25, 0.3) is 0 Å². The zero-order chi connectivity index (χ0) is 78.8. The molecule has 4 atom stereocenters. The molecule has 3 aliphatic heterocycles. The van der Waals surface area contributed by atoms with E-state index in [1.54, 1.807) is 0 Å². The van der Waals surface area contributed by atoms with Crippen LogP contribution in [0.15, 0.2) is 170 Å². The summed E-state index contributed by atoms with van der Waals surface area (Å²) in [5, 5.41) is 0. The first-order valence-corrected chi connectivity index (χ1v) is 39.9. The van der Waals surface area contributed by atoms with Crippen molar-refractivity contribution in [1.82, 2.24) is 19.6 Å². The number of hydrogen-bond donors (Lipinski definition) is 0. The van der Waals surface area contributed by atoms with Crippen molar-refractivity contribution in [1.29, 1.82) is 0 Å². The second kappa shape index (κ2) is 30.4. The second-order valence-electron chi connectivity index (χ2n) is 39.4. The minimum atomic E-state index is -0.205. The van der Waals surface area contributed by atoms with Crippen LogP contribution in [0.2, 0.25) is 0 Å². The van der Waals surface area contributed by atoms with E-state index in [4.69, 9.17) is 18.9 Å². The fourth-order valence-corrected chi connectivity index (χ4v) is 17.3. The number of hydrogen-bond acceptors (Lipinski definition) is 4. The predicted molar refractivity (Wildman–Crippen MR) is 450 cm³/mol. The first-order chi connectivity index (χ1) is 50.5. The van der Waals surface area contributed by atoms with Gasteiger partial charge in [-0.1, -0.05) is 287 Å². The molecule has 0 saturated carbocycles. The Hall–Kier alpha value is -8.50. The molecule has 0 unspecified atom stereocenters. The quantitative estimate of drug-likeness (QED) is 0.0887. The van der Waals surface area contributed by atoms with E-state index in [-0.39, 0.29) is 67.5 Å². The molecule has 3 heterocycles. The zero-order valence-corrected chi connectivity index (χ0v) is 71.4. The Morgan fingerprint density at radius 1 is 0.250 bits per heavy atom. The Kier molecular flexibility index (Phi) is 22.7. The lowest BCUT2D eigenvalue weighted by molar-refractivity contribution is -0.671. The molecule has 3 aliphatic rings. The monoisotopic (exact) mass is 1460 g/mol. The van der Waals surface area contributed by atoms with E-state index in [9.17, 15) is 0 Å². The number of nitrogens with zero attached hydrogens (tertiary/aromatic N) is 6. The summed E-state index contributed by atoms with van der Waals surface area (Å²) in [6.07, 6.45) is 0. The standard InChI is InChI=1S/C98H132N6O4/c1-91(2,3)73-53-65(54-74(85(73)105-25)92(4,5)6)61-101-81(69-41-33-29-34-42-69)82(70-43-35-30-36-44-70)102(62-66-55-75(93(7,8)9)86(106-26)76(56-66)94(10,11)12)89(101)99-49-51-100(52-50-99)90-103(63-67-57-77(95(13,14)15)87(107-27)78(58-67)96(16,17)18)83(71-45-37-31-38-46-71)84(72-47-39-32-40-48-72)104(90)64-68-59-79(97(19,20)21)88(108-28)80(60-68)98(22,23)24/h29-48,53-60,81-84H,49-52,61-64H2,1-28H3/q+2/t81-,82-,83-,84-/m1/s1. The smallest absolute Gasteiger partial charge is 0.352 e. The molecule has 3 saturated heterocycles. The highest BCUT2D eigenvalue weighted by atomic mass is 16.5. The molecule has 8 aromatic carbocycles. The lowest BCUT2D eigenvalue weighted by atomic mass is 9.78. The van der Waals surface area contributed by atoms with Gasteiger partial charge < -0.3 is 18.9 Å². The van der Waals surface area contributed by atoms with E-state index in [1.807, 2.05) is 28.4 Å². The minimum Gasteiger partial charge on any atom is -0.496 e. The molecule has 0 aliphatic carbocycles. The van der Waals surface area contributed by atoms with Gasteiger partial charge in [0.15, 0.2) is 0 Å². The Bertz CT molecular complexity index is 3840. The van der Waals surface area contributed by atoms with Gasteiger partial charge in [-0.05, 0) is 136 Å². The lowest BCUT2D eigenvalue weighted by Crippen LogP contribution is -2.51. The zero-order valence-electron chi connectivity index (χ0n) is 71.4. The van der Waals surface area contributed by atoms with Crippen molar-refractivity contribution in [3.63, 3.8) is 0 Å². The Morgan fingerprint density at radius 3 is 0.528 bits per heavy atom. The van der Waals surface area contributed by atoms with Crippen molar-refractivity contribution in [2.45, 2.75) is 260 Å². The highest BCUT2D eigenvalue weighted by molar-refractivity contribution is 5.81. The highest BCUT2D eigenvalue weighted by Gasteiger charge is 2.57. The van der Waals surface area contributed by atoms with Crippen LogP contribution in [0.4, 0.5) is 0 Å². The van der Waals surface area contributed by atoms with Crippen molar-refractivity contribution in [2.24, 2.45) is 0 Å². The van der Waals surface area contributed by atoms with E-state index in [0.29, 0.717) is 26.2 Å². The van der Waals surface area contributed by atoms with E-state index in [0.717, 1.165) is 49.2 Å². The van der Waals surface area contributed by atoms with E-state index in [1.165, 1.54) is 101 Å². The van der Waals surface area contributed by atoms with E-state index in [2.05, 4.69) is 365 Å². The van der Waals surface area contributed by atoms with Gasteiger partial charge >= 0.3 is 11.9 Å². The number of rotatable bonds is 16. The predicted octanol–water partition coefficient (Wildman–Crippen LogP) is 22.2. The third kappa shape index (κ3) is 16.7. The van der Waals surface area contributed by atoms with E-state index >= 15 is 0 Å². The molecule has 11 rings (SSSR count). The van der Waals surface area contributed by atoms with Gasteiger partial charge in [0.2, 0.25) is 0 Å². The first-order valence-electron chi connectivity index (χ1n) is 39.9. The van der Waals surface area contributed by atoms with Crippen LogP contribution in [0, 0.1) is 0 Å². The molecule has 108 heavy (non-hydrogen) atoms. The molecule has 0 aromatic heterocycles. The van der Waals surface area contributed by atoms with Gasteiger partial charge in [-0.15, -0.1) is 0 Å². The maximum Gasteiger partial charge on any atom is 0.352 e. The number of benzene rings is 8. The van der Waals surface area contributed by atoms with Crippen molar-refractivity contribution < 1.29 is 28.1 Å². The minimum absolute atomic E-state index is 0.100. The summed E-state index contributed by atoms with van der Waals surface area (Å²) < 4.78 is 31.7. The molecule has 0 spiro atoms. The highest BCUT2D eigenvalue weighted by Crippen LogP contribution is 2.53. The van der Waals surface area contributed by atoms with Crippen LogP contribution < -0.4 is 18.9 Å². The van der Waals surface area contributed by atoms with Crippen LogP contribution >= 0.6 is 0 Å². The Balaban J connectivity index is 1.23. The summed E-state index contributed by atoms with van der Waals surface area (Å²) in [5.74, 6) is 6.42. The maximum atomic E-state index is 6.52. The van der Waals surface area contributed by atoms with Gasteiger partial charge in [-0.3, -0.25) is 9.15 Å². The average Bonchev–Trinajstić information content (AvgIpc) is 1.56. The van der Waals surface area contributed by atoms with Gasteiger partial charge in [0, 0.05) is 44.5 Å². The number of guanidine groups is 2. The third-order valence-electron chi connectivity index (χ3n) is 22.7. The SMILES string of the molecule is COc1c(C(C)(C)C)cc(CN2C(=[N+]3CC[N+](=C4N(Cc5cc(C(C)(C)C)c(OC)c(C(C)(C)C)c5)[C@H](c5ccccc5)[C@@H](c5ccccc5)N4Cc4cc(C(C)(C)C)c(OC)c(C(C)(C)C)c4)CC3)N(Cc3cc(C(C)(C)C)c(OC)c(C(C)(C)C)c3)[C@H](c3ccccc3)[C@H]2c2ccccc2)cc1C(C)(C)C. The first kappa shape index (κ1) is 80.5. The molecular weight excluding hydrogens is 1330 g/mol. The van der Waals surface area contributed by atoms with Crippen LogP contribution in [0.3, 0.4) is 0 Å². The fourth-order valence-electron chi connectivity index (χ4n) is 17.3. The van der Waals surface area contributed by atoms with Crippen molar-refractivity contribution >= 4 is 11.9 Å². The van der Waals surface area contributed by atoms with Crippen molar-refractivity contribution in [3.8, 4) is 23.0 Å². The molecule has 0 N–H and O–H groups in total. The molecule has 8 aromatic rings. The number of ether oxygens (including phenoxy) is 4. The summed E-state index contributed by atoms with van der Waals surface area (Å²) in [6.45, 7) is 61.7. The van der Waals surface area contributed by atoms with Crippen LogP contribution in [-0.2, 0) is 69.5 Å². The molecule has 10 nitrogen and oxygen atoms in total. The van der Waals surface area contributed by atoms with Crippen LogP contribution in [0.5, 0.6) is 23.0 Å². The Morgan fingerprint density at radius 2 is 0.398 bits per heavy atom. The fraction of sp³-hybridized carbons (Fsp3) is 0.490. The lowest BCUT2D eigenvalue weighted by Gasteiger charge is -2.32. The molecule has 3 fully saturated rings. The molecule has 0 radical (unpaired) electrons. The summed E-state index contributed by atoms with van der Waals surface area (Å²) >= 11 is 0. The molecule has 0 amide bonds. The molecule has 0 bridgehead atoms. The summed E-state index contributed by atoms with van der Waals surface area (Å²) in [5.41, 5.74) is 18.3. The largest absolute Gasteiger partial charge is 0.496 e. The Labute approximate surface area is 652 Å². The molecule has 10 heteroatoms. The van der Waals surface area contributed by atoms with Gasteiger partial charge in [-0.2, -0.15) is 0 Å². The summed E-state index contributed by atoms with van der Waals surface area (Å²) in [7, 11) is 7.43. The van der Waals surface area contributed by atoms with Gasteiger partial charge in [-0.25, -0.2) is 19.6 Å². The van der Waals surface area contributed by atoms with Gasteiger partial charge in [0.1, 0.15) is 47.2 Å². The van der Waals surface area contributed by atoms with Crippen LogP contribution in [-0.4, -0.2) is 95.3 Å². The number of methoxy groups -OCH3 is 4. The maximum absolute atomic E-state index is 6.52. The summed E-state index contributed by atoms with van der Waals surface area (Å²) in [6, 6.07) is 65.1. The number of piperazine rings is 1. The molecule has 576 valence electrons. The second-order valence-corrected chi connectivity index (χ2v) is 39.4. The topological polar surface area (TPSA) is 55.9 Å². The third-order valence-corrected chi connectivity index (χ3v) is 22.7. The van der Waals surface area contributed by atoms with Crippen molar-refractivity contribution in [3.05, 3.63) is 259 Å².